The summed E-state index contributed by atoms with van der Waals surface area (Å²) < 4.78 is 1.95. The van der Waals surface area contributed by atoms with Crippen LogP contribution in [0.5, 0.6) is 0 Å². The minimum Gasteiger partial charge on any atom is -0.308 e. The number of hydrogen-bond acceptors (Lipinski definition) is 3. The summed E-state index contributed by atoms with van der Waals surface area (Å²) in [5.74, 6) is 0. The molecule has 2 aromatic heterocycles. The Balaban J connectivity index is 1.63. The van der Waals surface area contributed by atoms with Crippen LogP contribution in [0.3, 0.4) is 0 Å². The average Bonchev–Trinajstić information content (AvgIpc) is 2.66. The molecule has 3 aromatic rings. The van der Waals surface area contributed by atoms with Crippen LogP contribution in [0.1, 0.15) is 30.2 Å². The molecular weight excluding hydrogens is 322 g/mol. The molecule has 26 heavy (non-hydrogen) atoms. The molecule has 4 rings (SSSR count). The molecule has 0 unspecified atom stereocenters. The summed E-state index contributed by atoms with van der Waals surface area (Å²) >= 11 is 0. The maximum absolute atomic E-state index is 12.6. The van der Waals surface area contributed by atoms with Crippen molar-refractivity contribution in [3.8, 4) is 0 Å². The molecule has 0 saturated carbocycles. The van der Waals surface area contributed by atoms with E-state index in [1.165, 1.54) is 10.9 Å². The maximum Gasteiger partial charge on any atom is 0.251 e. The van der Waals surface area contributed by atoms with Gasteiger partial charge < -0.3 is 4.57 Å². The fraction of sp³-hybridized carbons (Fsp3) is 0.364. The quantitative estimate of drug-likeness (QED) is 0.710. The van der Waals surface area contributed by atoms with Crippen LogP contribution in [-0.2, 0) is 25.9 Å². The lowest BCUT2D eigenvalue weighted by Crippen LogP contribution is -2.32. The van der Waals surface area contributed by atoms with Crippen LogP contribution in [0.2, 0.25) is 0 Å². The zero-order valence-electron chi connectivity index (χ0n) is 15.5. The van der Waals surface area contributed by atoms with Crippen LogP contribution in [0.15, 0.2) is 53.5 Å². The number of rotatable bonds is 5. The Morgan fingerprint density at radius 3 is 2.92 bits per heavy atom. The Morgan fingerprint density at radius 1 is 1.23 bits per heavy atom. The van der Waals surface area contributed by atoms with Gasteiger partial charge in [0.05, 0.1) is 5.52 Å². The van der Waals surface area contributed by atoms with E-state index in [-0.39, 0.29) is 5.56 Å². The molecule has 0 aliphatic carbocycles. The van der Waals surface area contributed by atoms with Crippen molar-refractivity contribution in [2.45, 2.75) is 45.3 Å². The Hall–Kier alpha value is -2.46. The Morgan fingerprint density at radius 2 is 2.12 bits per heavy atom. The van der Waals surface area contributed by atoms with E-state index in [9.17, 15) is 4.79 Å². The van der Waals surface area contributed by atoms with Gasteiger partial charge in [-0.1, -0.05) is 24.3 Å². The molecule has 0 spiro atoms. The van der Waals surface area contributed by atoms with Gasteiger partial charge in [-0.2, -0.15) is 0 Å². The molecular formula is C22H25N3O. The van der Waals surface area contributed by atoms with Crippen molar-refractivity contribution < 1.29 is 0 Å². The molecule has 1 aliphatic rings. The van der Waals surface area contributed by atoms with Gasteiger partial charge in [-0.05, 0) is 50.1 Å². The highest BCUT2D eigenvalue weighted by Gasteiger charge is 2.18. The number of aryl methyl sites for hydroxylation is 2. The molecule has 4 nitrogen and oxygen atoms in total. The SMILES string of the molecule is C[C@@H](Cc1ccccn1)N(C)Cc1cc(=O)n2c3c(cccc13)CCC2. The van der Waals surface area contributed by atoms with Crippen LogP contribution in [-0.4, -0.2) is 27.5 Å². The smallest absolute Gasteiger partial charge is 0.251 e. The second-order valence-electron chi connectivity index (χ2n) is 7.37. The summed E-state index contributed by atoms with van der Waals surface area (Å²) in [6.45, 7) is 3.81. The number of nitrogens with zero attached hydrogens (tertiary/aromatic N) is 3. The lowest BCUT2D eigenvalue weighted by Gasteiger charge is -2.26. The summed E-state index contributed by atoms with van der Waals surface area (Å²) in [7, 11) is 2.13. The molecule has 0 fully saturated rings. The average molecular weight is 347 g/mol. The Bertz CT molecular complexity index is 978. The number of aromatic nitrogens is 2. The van der Waals surface area contributed by atoms with Gasteiger partial charge in [0.1, 0.15) is 0 Å². The predicted molar refractivity (Wildman–Crippen MR) is 105 cm³/mol. The topological polar surface area (TPSA) is 38.1 Å². The fourth-order valence-corrected chi connectivity index (χ4v) is 3.97. The Kier molecular flexibility index (Phi) is 4.60. The van der Waals surface area contributed by atoms with Gasteiger partial charge in [-0.3, -0.25) is 14.7 Å². The molecule has 1 atom stereocenters. The standard InChI is InChI=1S/C22H25N3O/c1-16(13-19-9-3-4-11-23-19)24(2)15-18-14-21(26)25-12-6-8-17-7-5-10-20(18)22(17)25/h3-5,7,9-11,14,16H,6,8,12-13,15H2,1-2H3/t16-/m0/s1. The first-order chi connectivity index (χ1) is 12.6. The van der Waals surface area contributed by atoms with Gasteiger partial charge in [0, 0.05) is 48.9 Å². The van der Waals surface area contributed by atoms with Gasteiger partial charge in [-0.25, -0.2) is 0 Å². The van der Waals surface area contributed by atoms with Crippen molar-refractivity contribution in [2.75, 3.05) is 7.05 Å². The van der Waals surface area contributed by atoms with E-state index in [0.29, 0.717) is 6.04 Å². The second-order valence-corrected chi connectivity index (χ2v) is 7.37. The zero-order chi connectivity index (χ0) is 18.1. The van der Waals surface area contributed by atoms with Crippen LogP contribution in [0.25, 0.3) is 10.9 Å². The summed E-state index contributed by atoms with van der Waals surface area (Å²) in [6, 6.07) is 14.7. The molecule has 0 N–H and O–H groups in total. The van der Waals surface area contributed by atoms with E-state index in [1.807, 2.05) is 29.0 Å². The largest absolute Gasteiger partial charge is 0.308 e. The van der Waals surface area contributed by atoms with Crippen LogP contribution < -0.4 is 5.56 Å². The number of hydrogen-bond donors (Lipinski definition) is 0. The predicted octanol–water partition coefficient (Wildman–Crippen LogP) is 3.41. The molecule has 0 radical (unpaired) electrons. The van der Waals surface area contributed by atoms with E-state index < -0.39 is 0 Å². The number of para-hydroxylation sites is 1. The van der Waals surface area contributed by atoms with E-state index in [2.05, 4.69) is 48.1 Å². The number of pyridine rings is 2. The fourth-order valence-electron chi connectivity index (χ4n) is 3.97. The first kappa shape index (κ1) is 17.0. The second kappa shape index (κ2) is 7.04. The molecule has 0 saturated heterocycles. The monoisotopic (exact) mass is 347 g/mol. The summed E-state index contributed by atoms with van der Waals surface area (Å²) in [6.07, 6.45) is 4.85. The minimum atomic E-state index is 0.130. The van der Waals surface area contributed by atoms with Gasteiger partial charge in [0.15, 0.2) is 0 Å². The first-order valence-electron chi connectivity index (χ1n) is 9.38. The van der Waals surface area contributed by atoms with Gasteiger partial charge >= 0.3 is 0 Å². The minimum absolute atomic E-state index is 0.130. The summed E-state index contributed by atoms with van der Waals surface area (Å²) in [4.78, 5) is 19.4. The third-order valence-corrected chi connectivity index (χ3v) is 5.53. The van der Waals surface area contributed by atoms with Crippen molar-refractivity contribution in [3.05, 3.63) is 75.8 Å². The lowest BCUT2D eigenvalue weighted by molar-refractivity contribution is 0.247. The third kappa shape index (κ3) is 3.17. The molecule has 134 valence electrons. The molecule has 3 heterocycles. The zero-order valence-corrected chi connectivity index (χ0v) is 15.5. The van der Waals surface area contributed by atoms with Crippen molar-refractivity contribution in [3.63, 3.8) is 0 Å². The van der Waals surface area contributed by atoms with Crippen molar-refractivity contribution in [1.29, 1.82) is 0 Å². The molecule has 1 aromatic carbocycles. The maximum atomic E-state index is 12.6. The van der Waals surface area contributed by atoms with Gasteiger partial charge in [0.25, 0.3) is 5.56 Å². The number of likely N-dealkylation sites (N-methyl/N-ethyl adjacent to an activating group) is 1. The third-order valence-electron chi connectivity index (χ3n) is 5.53. The van der Waals surface area contributed by atoms with E-state index in [1.54, 1.807) is 0 Å². The van der Waals surface area contributed by atoms with E-state index in [4.69, 9.17) is 0 Å². The lowest BCUT2D eigenvalue weighted by atomic mass is 9.98. The molecule has 4 heteroatoms. The molecule has 0 bridgehead atoms. The van der Waals surface area contributed by atoms with Crippen molar-refractivity contribution in [2.24, 2.45) is 0 Å². The Labute approximate surface area is 154 Å². The number of benzene rings is 1. The van der Waals surface area contributed by atoms with Crippen LogP contribution in [0.4, 0.5) is 0 Å². The van der Waals surface area contributed by atoms with Crippen LogP contribution >= 0.6 is 0 Å². The van der Waals surface area contributed by atoms with Gasteiger partial charge in [-0.15, -0.1) is 0 Å². The molecule has 1 aliphatic heterocycles. The normalized spacial score (nSPS) is 14.7. The molecule has 0 amide bonds. The summed E-state index contributed by atoms with van der Waals surface area (Å²) in [5, 5.41) is 1.22. The van der Waals surface area contributed by atoms with Crippen molar-refractivity contribution in [1.82, 2.24) is 14.5 Å². The van der Waals surface area contributed by atoms with Gasteiger partial charge in [0.2, 0.25) is 0 Å². The first-order valence-corrected chi connectivity index (χ1v) is 9.38. The highest BCUT2D eigenvalue weighted by molar-refractivity contribution is 5.86. The highest BCUT2D eigenvalue weighted by atomic mass is 16.1. The van der Waals surface area contributed by atoms with E-state index >= 15 is 0 Å². The summed E-state index contributed by atoms with van der Waals surface area (Å²) in [5.41, 5.74) is 4.80. The van der Waals surface area contributed by atoms with Crippen LogP contribution in [0, 0.1) is 0 Å². The highest BCUT2D eigenvalue weighted by Crippen LogP contribution is 2.26. The van der Waals surface area contributed by atoms with E-state index in [0.717, 1.165) is 49.1 Å². The van der Waals surface area contributed by atoms with Crippen molar-refractivity contribution >= 4 is 10.9 Å².